The summed E-state index contributed by atoms with van der Waals surface area (Å²) in [5.74, 6) is 0.540. The van der Waals surface area contributed by atoms with Crippen molar-refractivity contribution in [3.63, 3.8) is 0 Å². The average Bonchev–Trinajstić information content (AvgIpc) is 3.26. The zero-order chi connectivity index (χ0) is 21.5. The maximum Gasteiger partial charge on any atom is 0.416 e. The van der Waals surface area contributed by atoms with E-state index < -0.39 is 26.7 Å². The molecule has 1 fully saturated rings. The first-order valence-corrected chi connectivity index (χ1v) is 11.4. The van der Waals surface area contributed by atoms with E-state index in [0.29, 0.717) is 11.9 Å². The average molecular weight is 458 g/mol. The van der Waals surface area contributed by atoms with E-state index in [-0.39, 0.29) is 24.8 Å². The molecule has 0 unspecified atom stereocenters. The summed E-state index contributed by atoms with van der Waals surface area (Å²) in [5.41, 5.74) is -1.38. The Morgan fingerprint density at radius 3 is 2.60 bits per heavy atom. The van der Waals surface area contributed by atoms with E-state index in [1.807, 2.05) is 17.5 Å². The number of aromatic nitrogens is 3. The minimum atomic E-state index is -4.65. The van der Waals surface area contributed by atoms with Gasteiger partial charge >= 0.3 is 11.9 Å². The molecule has 1 N–H and O–H groups in total. The fourth-order valence-electron chi connectivity index (χ4n) is 3.01. The van der Waals surface area contributed by atoms with E-state index in [1.54, 1.807) is 4.57 Å². The lowest BCUT2D eigenvalue weighted by molar-refractivity contribution is -0.137. The van der Waals surface area contributed by atoms with E-state index in [4.69, 9.17) is 0 Å². The lowest BCUT2D eigenvalue weighted by atomic mass is 10.2. The summed E-state index contributed by atoms with van der Waals surface area (Å²) in [7, 11) is -4.17. The third-order valence-electron chi connectivity index (χ3n) is 4.61. The van der Waals surface area contributed by atoms with Crippen molar-refractivity contribution < 1.29 is 21.6 Å². The highest BCUT2D eigenvalue weighted by molar-refractivity contribution is 7.89. The Labute approximate surface area is 173 Å². The molecule has 0 atom stereocenters. The fraction of sp³-hybridized carbons (Fsp3) is 0.333. The third kappa shape index (κ3) is 4.20. The SMILES string of the molecule is O=c1n(CCNS(=O)(=O)c2cccc(C(F)(F)F)c2)nc(-c2cccs2)n1C1CC1. The molecule has 0 amide bonds. The molecule has 1 saturated carbocycles. The standard InChI is InChI=1S/C18H17F3N4O3S2/c19-18(20,21)12-3-1-4-14(11-12)30(27,28)22-8-9-24-17(26)25(13-6-7-13)16(23-24)15-5-2-10-29-15/h1-5,10-11,13,22H,6-9H2. The van der Waals surface area contributed by atoms with Crippen LogP contribution in [0.2, 0.25) is 0 Å². The molecule has 4 rings (SSSR count). The molecule has 30 heavy (non-hydrogen) atoms. The van der Waals surface area contributed by atoms with Gasteiger partial charge in [0.05, 0.1) is 21.9 Å². The number of nitrogens with zero attached hydrogens (tertiary/aromatic N) is 3. The molecular weight excluding hydrogens is 441 g/mol. The number of hydrogen-bond acceptors (Lipinski definition) is 5. The van der Waals surface area contributed by atoms with Crippen LogP contribution in [0.15, 0.2) is 51.5 Å². The molecule has 0 radical (unpaired) electrons. The van der Waals surface area contributed by atoms with Gasteiger partial charge in [-0.25, -0.2) is 22.6 Å². The van der Waals surface area contributed by atoms with Crippen LogP contribution in [0.25, 0.3) is 10.7 Å². The first-order valence-electron chi connectivity index (χ1n) is 9.07. The number of alkyl halides is 3. The number of thiophene rings is 1. The summed E-state index contributed by atoms with van der Waals surface area (Å²) in [6.07, 6.45) is -2.88. The molecule has 3 aromatic rings. The van der Waals surface area contributed by atoms with Gasteiger partial charge in [-0.15, -0.1) is 16.4 Å². The lowest BCUT2D eigenvalue weighted by Gasteiger charge is -2.10. The zero-order valence-corrected chi connectivity index (χ0v) is 17.1. The van der Waals surface area contributed by atoms with Gasteiger partial charge in [0, 0.05) is 12.6 Å². The molecule has 0 aliphatic heterocycles. The number of benzene rings is 1. The Morgan fingerprint density at radius 2 is 1.97 bits per heavy atom. The molecule has 1 aromatic carbocycles. The number of nitrogens with one attached hydrogen (secondary N) is 1. The van der Waals surface area contributed by atoms with Crippen molar-refractivity contribution >= 4 is 21.4 Å². The predicted molar refractivity (Wildman–Crippen MR) is 105 cm³/mol. The van der Waals surface area contributed by atoms with Crippen LogP contribution in [-0.2, 0) is 22.7 Å². The maximum atomic E-state index is 12.8. The second-order valence-electron chi connectivity index (χ2n) is 6.83. The van der Waals surface area contributed by atoms with E-state index in [1.165, 1.54) is 16.0 Å². The van der Waals surface area contributed by atoms with Gasteiger partial charge < -0.3 is 0 Å². The molecule has 160 valence electrons. The van der Waals surface area contributed by atoms with E-state index in [0.717, 1.165) is 35.9 Å². The molecule has 7 nitrogen and oxygen atoms in total. The summed E-state index contributed by atoms with van der Waals surface area (Å²) >= 11 is 1.45. The van der Waals surface area contributed by atoms with Gasteiger partial charge in [0.25, 0.3) is 0 Å². The highest BCUT2D eigenvalue weighted by atomic mass is 32.2. The monoisotopic (exact) mass is 458 g/mol. The highest BCUT2D eigenvalue weighted by Crippen LogP contribution is 2.37. The van der Waals surface area contributed by atoms with Crippen LogP contribution < -0.4 is 10.4 Å². The van der Waals surface area contributed by atoms with Crippen LogP contribution in [0.4, 0.5) is 13.2 Å². The first-order chi connectivity index (χ1) is 14.2. The van der Waals surface area contributed by atoms with Crippen LogP contribution in [0.1, 0.15) is 24.4 Å². The van der Waals surface area contributed by atoms with Gasteiger partial charge in [0.2, 0.25) is 10.0 Å². The number of hydrogen-bond donors (Lipinski definition) is 1. The molecule has 0 spiro atoms. The van der Waals surface area contributed by atoms with Crippen LogP contribution in [0, 0.1) is 0 Å². The van der Waals surface area contributed by atoms with E-state index >= 15 is 0 Å². The van der Waals surface area contributed by atoms with Gasteiger partial charge in [-0.2, -0.15) is 13.2 Å². The van der Waals surface area contributed by atoms with Crippen LogP contribution in [-0.4, -0.2) is 29.3 Å². The highest BCUT2D eigenvalue weighted by Gasteiger charge is 2.32. The Bertz CT molecular complexity index is 1210. The van der Waals surface area contributed by atoms with E-state index in [9.17, 15) is 26.4 Å². The maximum absolute atomic E-state index is 12.8. The van der Waals surface area contributed by atoms with Crippen molar-refractivity contribution in [3.05, 3.63) is 57.8 Å². The van der Waals surface area contributed by atoms with Crippen molar-refractivity contribution in [3.8, 4) is 10.7 Å². The smallest absolute Gasteiger partial charge is 0.271 e. The van der Waals surface area contributed by atoms with Gasteiger partial charge in [-0.1, -0.05) is 12.1 Å². The van der Waals surface area contributed by atoms with E-state index in [2.05, 4.69) is 9.82 Å². The minimum Gasteiger partial charge on any atom is -0.271 e. The fourth-order valence-corrected chi connectivity index (χ4v) is 4.78. The van der Waals surface area contributed by atoms with Gasteiger partial charge in [-0.3, -0.25) is 4.57 Å². The quantitative estimate of drug-likeness (QED) is 0.590. The normalized spacial score (nSPS) is 14.9. The first kappa shape index (κ1) is 20.8. The Morgan fingerprint density at radius 1 is 1.20 bits per heavy atom. The van der Waals surface area contributed by atoms with Crippen molar-refractivity contribution in [2.24, 2.45) is 0 Å². The molecule has 1 aliphatic carbocycles. The number of rotatable bonds is 7. The molecule has 12 heteroatoms. The second-order valence-corrected chi connectivity index (χ2v) is 9.55. The molecule has 1 aliphatic rings. The topological polar surface area (TPSA) is 86.0 Å². The molecule has 2 aromatic heterocycles. The second kappa shape index (κ2) is 7.67. The predicted octanol–water partition coefficient (Wildman–Crippen LogP) is 3.11. The van der Waals surface area contributed by atoms with Gasteiger partial charge in [0.15, 0.2) is 5.82 Å². The minimum absolute atomic E-state index is 0.0465. The number of sulfonamides is 1. The Kier molecular flexibility index (Phi) is 5.32. The summed E-state index contributed by atoms with van der Waals surface area (Å²) in [5, 5.41) is 6.22. The van der Waals surface area contributed by atoms with Crippen LogP contribution in [0.3, 0.4) is 0 Å². The molecule has 0 bridgehead atoms. The Balaban J connectivity index is 1.51. The van der Waals surface area contributed by atoms with Crippen molar-refractivity contribution in [2.75, 3.05) is 6.54 Å². The van der Waals surface area contributed by atoms with Gasteiger partial charge in [-0.05, 0) is 42.5 Å². The summed E-state index contributed by atoms with van der Waals surface area (Å²) in [6.45, 7) is -0.237. The Hall–Kier alpha value is -2.44. The molecule has 0 saturated heterocycles. The molecular formula is C18H17F3N4O3S2. The number of halogens is 3. The third-order valence-corrected chi connectivity index (χ3v) is 6.94. The summed E-state index contributed by atoms with van der Waals surface area (Å²) in [4.78, 5) is 13.1. The van der Waals surface area contributed by atoms with Crippen LogP contribution >= 0.6 is 11.3 Å². The molecule has 2 heterocycles. The lowest BCUT2D eigenvalue weighted by Crippen LogP contribution is -2.32. The largest absolute Gasteiger partial charge is 0.416 e. The summed E-state index contributed by atoms with van der Waals surface area (Å²) in [6, 6.07) is 7.29. The van der Waals surface area contributed by atoms with Crippen molar-refractivity contribution in [2.45, 2.75) is 36.5 Å². The van der Waals surface area contributed by atoms with Crippen molar-refractivity contribution in [1.29, 1.82) is 0 Å². The summed E-state index contributed by atoms with van der Waals surface area (Å²) < 4.78 is 68.3. The zero-order valence-electron chi connectivity index (χ0n) is 15.5. The van der Waals surface area contributed by atoms with Gasteiger partial charge in [0.1, 0.15) is 0 Å². The van der Waals surface area contributed by atoms with Crippen molar-refractivity contribution in [1.82, 2.24) is 19.1 Å². The van der Waals surface area contributed by atoms with Crippen LogP contribution in [0.5, 0.6) is 0 Å².